The molecule has 112 valence electrons. The highest BCUT2D eigenvalue weighted by Crippen LogP contribution is 2.21. The van der Waals surface area contributed by atoms with Gasteiger partial charge < -0.3 is 15.4 Å². The fraction of sp³-hybridized carbons (Fsp3) is 0.308. The molecule has 0 fully saturated rings. The van der Waals surface area contributed by atoms with Crippen molar-refractivity contribution >= 4 is 17.6 Å². The van der Waals surface area contributed by atoms with Crippen molar-refractivity contribution in [3.8, 4) is 6.01 Å². The lowest BCUT2D eigenvalue weighted by atomic mass is 10.3. The minimum atomic E-state index is -1.00. The number of hydrogen-bond donors (Lipinski definition) is 2. The average molecular weight is 295 g/mol. The summed E-state index contributed by atoms with van der Waals surface area (Å²) in [4.78, 5) is 12.0. The Hall–Kier alpha value is -2.51. The third-order valence-corrected chi connectivity index (χ3v) is 2.47. The summed E-state index contributed by atoms with van der Waals surface area (Å²) in [6.45, 7) is 2.39. The Morgan fingerprint density at radius 3 is 2.62 bits per heavy atom. The maximum atomic E-state index is 13.6. The average Bonchev–Trinajstić information content (AvgIpc) is 2.49. The first-order valence-electron chi connectivity index (χ1n) is 6.41. The fourth-order valence-electron chi connectivity index (χ4n) is 1.50. The maximum Gasteiger partial charge on any atom is 0.323 e. The van der Waals surface area contributed by atoms with Crippen molar-refractivity contribution in [2.24, 2.45) is 0 Å². The van der Waals surface area contributed by atoms with Crippen molar-refractivity contribution in [3.05, 3.63) is 29.8 Å². The maximum absolute atomic E-state index is 13.6. The van der Waals surface area contributed by atoms with E-state index in [1.165, 1.54) is 12.1 Å². The summed E-state index contributed by atoms with van der Waals surface area (Å²) in [7, 11) is 1.63. The van der Waals surface area contributed by atoms with E-state index in [1.807, 2.05) is 6.92 Å². The first-order valence-corrected chi connectivity index (χ1v) is 6.41. The van der Waals surface area contributed by atoms with Crippen LogP contribution < -0.4 is 15.4 Å². The topological polar surface area (TPSA) is 72.0 Å². The van der Waals surface area contributed by atoms with E-state index in [4.69, 9.17) is 4.74 Å². The van der Waals surface area contributed by atoms with Crippen molar-refractivity contribution in [2.75, 3.05) is 24.3 Å². The van der Waals surface area contributed by atoms with Gasteiger partial charge in [0.1, 0.15) is 0 Å². The van der Waals surface area contributed by atoms with Crippen LogP contribution in [-0.2, 0) is 0 Å². The normalized spacial score (nSPS) is 10.3. The number of ether oxygens (including phenoxy) is 1. The molecule has 0 spiro atoms. The lowest BCUT2D eigenvalue weighted by Gasteiger charge is -2.09. The van der Waals surface area contributed by atoms with E-state index in [0.29, 0.717) is 6.61 Å². The Morgan fingerprint density at radius 2 is 1.90 bits per heavy atom. The zero-order chi connectivity index (χ0) is 15.2. The Labute approximate surface area is 120 Å². The number of halogens is 2. The smallest absolute Gasteiger partial charge is 0.323 e. The summed E-state index contributed by atoms with van der Waals surface area (Å²) < 4.78 is 32.1. The van der Waals surface area contributed by atoms with Crippen LogP contribution in [0.2, 0.25) is 0 Å². The van der Waals surface area contributed by atoms with Crippen molar-refractivity contribution in [2.45, 2.75) is 13.3 Å². The third kappa shape index (κ3) is 3.74. The number of hydrogen-bond acceptors (Lipinski definition) is 6. The van der Waals surface area contributed by atoms with Gasteiger partial charge in [0.25, 0.3) is 0 Å². The molecule has 0 aliphatic carbocycles. The van der Waals surface area contributed by atoms with Crippen LogP contribution >= 0.6 is 0 Å². The first-order chi connectivity index (χ1) is 10.1. The second kappa shape index (κ2) is 6.78. The highest BCUT2D eigenvalue weighted by atomic mass is 19.2. The summed E-state index contributed by atoms with van der Waals surface area (Å²) in [5, 5.41) is 5.35. The van der Waals surface area contributed by atoms with E-state index in [2.05, 4.69) is 25.6 Å². The lowest BCUT2D eigenvalue weighted by molar-refractivity contribution is 0.292. The van der Waals surface area contributed by atoms with Gasteiger partial charge in [0, 0.05) is 7.05 Å². The highest BCUT2D eigenvalue weighted by molar-refractivity contribution is 5.55. The van der Waals surface area contributed by atoms with E-state index < -0.39 is 11.6 Å². The molecule has 1 heterocycles. The first kappa shape index (κ1) is 14.9. The summed E-state index contributed by atoms with van der Waals surface area (Å²) in [6, 6.07) is 3.90. The van der Waals surface area contributed by atoms with Crippen LogP contribution in [0.5, 0.6) is 6.01 Å². The van der Waals surface area contributed by atoms with Crippen molar-refractivity contribution in [3.63, 3.8) is 0 Å². The Morgan fingerprint density at radius 1 is 1.14 bits per heavy atom. The Bertz CT molecular complexity index is 624. The van der Waals surface area contributed by atoms with E-state index in [9.17, 15) is 8.78 Å². The van der Waals surface area contributed by atoms with Crippen molar-refractivity contribution in [1.82, 2.24) is 15.0 Å². The van der Waals surface area contributed by atoms with Gasteiger partial charge in [0.2, 0.25) is 11.9 Å². The minimum absolute atomic E-state index is 0.0601. The molecular formula is C13H15F2N5O. The highest BCUT2D eigenvalue weighted by Gasteiger charge is 2.11. The van der Waals surface area contributed by atoms with Crippen LogP contribution in [0.15, 0.2) is 18.2 Å². The van der Waals surface area contributed by atoms with Gasteiger partial charge in [0.15, 0.2) is 11.6 Å². The molecule has 2 rings (SSSR count). The standard InChI is InChI=1S/C13H15F2N5O/c1-3-7-21-13-19-11(16-2)18-12(20-13)17-9-6-4-5-8(14)10(9)15/h4-6H,3,7H2,1-2H3,(H2,16,17,18,19,20). The number of rotatable bonds is 6. The van der Waals surface area contributed by atoms with E-state index in [0.717, 1.165) is 12.5 Å². The zero-order valence-electron chi connectivity index (χ0n) is 11.7. The molecule has 0 saturated heterocycles. The fourth-order valence-corrected chi connectivity index (χ4v) is 1.50. The van der Waals surface area contributed by atoms with Crippen molar-refractivity contribution < 1.29 is 13.5 Å². The predicted octanol–water partition coefficient (Wildman–Crippen LogP) is 2.72. The molecule has 21 heavy (non-hydrogen) atoms. The quantitative estimate of drug-likeness (QED) is 0.853. The number of nitrogens with zero attached hydrogens (tertiary/aromatic N) is 3. The third-order valence-electron chi connectivity index (χ3n) is 2.47. The van der Waals surface area contributed by atoms with Crippen LogP contribution in [0.25, 0.3) is 0 Å². The van der Waals surface area contributed by atoms with Crippen LogP contribution in [0.4, 0.5) is 26.4 Å². The Kier molecular flexibility index (Phi) is 4.81. The predicted molar refractivity (Wildman–Crippen MR) is 74.8 cm³/mol. The van der Waals surface area contributed by atoms with E-state index in [1.54, 1.807) is 7.05 Å². The van der Waals surface area contributed by atoms with Gasteiger partial charge in [0.05, 0.1) is 12.3 Å². The molecular weight excluding hydrogens is 280 g/mol. The summed E-state index contributed by atoms with van der Waals surface area (Å²) in [5.74, 6) is -1.63. The van der Waals surface area contributed by atoms with Gasteiger partial charge in [-0.25, -0.2) is 8.78 Å². The van der Waals surface area contributed by atoms with Crippen LogP contribution in [0.3, 0.4) is 0 Å². The monoisotopic (exact) mass is 295 g/mol. The SMILES string of the molecule is CCCOc1nc(NC)nc(Nc2cccc(F)c2F)n1. The molecule has 0 bridgehead atoms. The molecule has 0 aliphatic heterocycles. The van der Waals surface area contributed by atoms with Gasteiger partial charge in [-0.05, 0) is 18.6 Å². The van der Waals surface area contributed by atoms with Gasteiger partial charge in [-0.2, -0.15) is 15.0 Å². The molecule has 0 radical (unpaired) electrons. The van der Waals surface area contributed by atoms with Crippen LogP contribution in [0, 0.1) is 11.6 Å². The Balaban J connectivity index is 2.28. The van der Waals surface area contributed by atoms with Crippen LogP contribution in [0.1, 0.15) is 13.3 Å². The molecule has 2 aromatic rings. The number of nitrogens with one attached hydrogen (secondary N) is 2. The molecule has 0 saturated carbocycles. The van der Waals surface area contributed by atoms with E-state index >= 15 is 0 Å². The second-order valence-corrected chi connectivity index (χ2v) is 4.09. The van der Waals surface area contributed by atoms with Gasteiger partial charge in [-0.1, -0.05) is 13.0 Å². The molecule has 0 aliphatic rings. The largest absolute Gasteiger partial charge is 0.463 e. The molecule has 0 amide bonds. The van der Waals surface area contributed by atoms with Gasteiger partial charge >= 0.3 is 6.01 Å². The number of benzene rings is 1. The lowest BCUT2D eigenvalue weighted by Crippen LogP contribution is -2.08. The molecule has 0 atom stereocenters. The molecule has 1 aromatic heterocycles. The number of aromatic nitrogens is 3. The molecule has 0 unspecified atom stereocenters. The summed E-state index contributed by atoms with van der Waals surface area (Å²) in [5.41, 5.74) is -0.0651. The molecule has 2 N–H and O–H groups in total. The summed E-state index contributed by atoms with van der Waals surface area (Å²) >= 11 is 0. The molecule has 1 aromatic carbocycles. The molecule has 8 heteroatoms. The summed E-state index contributed by atoms with van der Waals surface area (Å²) in [6.07, 6.45) is 0.794. The minimum Gasteiger partial charge on any atom is -0.463 e. The molecule has 6 nitrogen and oxygen atoms in total. The van der Waals surface area contributed by atoms with Crippen LogP contribution in [-0.4, -0.2) is 28.6 Å². The van der Waals surface area contributed by atoms with Crippen molar-refractivity contribution in [1.29, 1.82) is 0 Å². The second-order valence-electron chi connectivity index (χ2n) is 4.09. The van der Waals surface area contributed by atoms with Gasteiger partial charge in [-0.15, -0.1) is 0 Å². The zero-order valence-corrected chi connectivity index (χ0v) is 11.7. The van der Waals surface area contributed by atoms with E-state index in [-0.39, 0.29) is 23.6 Å². The van der Waals surface area contributed by atoms with Gasteiger partial charge in [-0.3, -0.25) is 0 Å². The number of anilines is 3.